The molecule has 4 saturated carbocycles. The quantitative estimate of drug-likeness (QED) is 0.692. The minimum atomic E-state index is 0.517. The van der Waals surface area contributed by atoms with Gasteiger partial charge < -0.3 is 0 Å². The van der Waals surface area contributed by atoms with Crippen LogP contribution in [0.3, 0.4) is 0 Å². The van der Waals surface area contributed by atoms with E-state index in [2.05, 4.69) is 47.7 Å². The van der Waals surface area contributed by atoms with Crippen LogP contribution in [0, 0.1) is 24.7 Å². The number of thioether (sulfide) groups is 1. The second-order valence-corrected chi connectivity index (χ2v) is 8.96. The van der Waals surface area contributed by atoms with E-state index in [1.165, 1.54) is 60.4 Å². The van der Waals surface area contributed by atoms with Crippen LogP contribution in [-0.4, -0.2) is 22.2 Å². The van der Waals surface area contributed by atoms with Gasteiger partial charge in [-0.2, -0.15) is 0 Å². The Kier molecular flexibility index (Phi) is 2.66. The Morgan fingerprint density at radius 2 is 1.71 bits per heavy atom. The van der Waals surface area contributed by atoms with Gasteiger partial charge >= 0.3 is 0 Å². The summed E-state index contributed by atoms with van der Waals surface area (Å²) in [4.78, 5) is 1.51. The van der Waals surface area contributed by atoms with E-state index in [-0.39, 0.29) is 0 Å². The van der Waals surface area contributed by atoms with E-state index < -0.39 is 0 Å². The predicted molar refractivity (Wildman–Crippen MR) is 88.2 cm³/mol. The molecule has 0 amide bonds. The zero-order valence-electron chi connectivity index (χ0n) is 12.8. The summed E-state index contributed by atoms with van der Waals surface area (Å²) in [5.41, 5.74) is 3.42. The van der Waals surface area contributed by atoms with Crippen molar-refractivity contribution in [1.82, 2.24) is 0 Å². The Morgan fingerprint density at radius 3 is 2.38 bits per heavy atom. The Morgan fingerprint density at radius 1 is 1.05 bits per heavy atom. The zero-order chi connectivity index (χ0) is 14.0. The maximum absolute atomic E-state index is 2.75. The van der Waals surface area contributed by atoms with Crippen LogP contribution in [0.25, 0.3) is 0 Å². The van der Waals surface area contributed by atoms with E-state index in [1.807, 2.05) is 0 Å². The lowest BCUT2D eigenvalue weighted by atomic mass is 9.53. The van der Waals surface area contributed by atoms with Crippen molar-refractivity contribution in [1.29, 1.82) is 0 Å². The molecule has 2 heteroatoms. The Hall–Kier alpha value is -0.760. The number of benzene rings is 1. The van der Waals surface area contributed by atoms with Gasteiger partial charge in [-0.3, -0.25) is 0 Å². The molecular weight excluding hydrogens is 274 g/mol. The molecule has 6 rings (SSSR count). The van der Waals surface area contributed by atoms with Crippen molar-refractivity contribution in [2.75, 3.05) is 5.88 Å². The Bertz CT molecular complexity index is 595. The molecule has 21 heavy (non-hydrogen) atoms. The van der Waals surface area contributed by atoms with Crippen LogP contribution in [-0.2, 0) is 0 Å². The molecule has 0 radical (unpaired) electrons. The van der Waals surface area contributed by atoms with E-state index in [9.17, 15) is 0 Å². The number of fused-ring (bicyclic) bond motifs is 1. The van der Waals surface area contributed by atoms with Gasteiger partial charge in [-0.25, -0.2) is 4.58 Å². The van der Waals surface area contributed by atoms with Crippen molar-refractivity contribution in [2.24, 2.45) is 17.8 Å². The van der Waals surface area contributed by atoms with Gasteiger partial charge in [0.1, 0.15) is 0 Å². The van der Waals surface area contributed by atoms with Gasteiger partial charge in [0.05, 0.1) is 5.56 Å². The largest absolute Gasteiger partial charge is 0.220 e. The monoisotopic (exact) mass is 298 g/mol. The van der Waals surface area contributed by atoms with Gasteiger partial charge in [0.15, 0.2) is 17.6 Å². The number of rotatable bonds is 1. The second kappa shape index (κ2) is 4.38. The van der Waals surface area contributed by atoms with Crippen molar-refractivity contribution in [2.45, 2.75) is 55.9 Å². The van der Waals surface area contributed by atoms with Crippen LogP contribution in [0.5, 0.6) is 0 Å². The molecule has 0 aromatic heterocycles. The summed E-state index contributed by atoms with van der Waals surface area (Å²) in [6.07, 6.45) is 11.5. The summed E-state index contributed by atoms with van der Waals surface area (Å²) >= 11 is 2.07. The minimum absolute atomic E-state index is 0.517. The molecule has 1 aromatic carbocycles. The van der Waals surface area contributed by atoms with Crippen molar-refractivity contribution >= 4 is 18.0 Å². The topological polar surface area (TPSA) is 3.01 Å². The van der Waals surface area contributed by atoms with Crippen molar-refractivity contribution in [3.63, 3.8) is 0 Å². The second-order valence-electron chi connectivity index (χ2n) is 8.01. The first-order valence-corrected chi connectivity index (χ1v) is 9.54. The zero-order valence-corrected chi connectivity index (χ0v) is 13.7. The fraction of sp³-hybridized carbons (Fsp3) is 0.632. The first-order valence-electron chi connectivity index (χ1n) is 8.56. The van der Waals surface area contributed by atoms with E-state index in [1.54, 1.807) is 0 Å². The van der Waals surface area contributed by atoms with E-state index in [4.69, 9.17) is 0 Å². The van der Waals surface area contributed by atoms with Gasteiger partial charge in [0.25, 0.3) is 0 Å². The van der Waals surface area contributed by atoms with Gasteiger partial charge in [0.2, 0.25) is 0 Å². The average Bonchev–Trinajstić information content (AvgIpc) is 2.46. The maximum Gasteiger partial charge on any atom is 0.194 e. The van der Waals surface area contributed by atoms with Crippen LogP contribution in [0.4, 0.5) is 0 Å². The van der Waals surface area contributed by atoms with E-state index >= 15 is 0 Å². The SMILES string of the molecule is Cc1cccc2c1SC[N+](C13CC4CC(CC(C4)C1)C3)=C2. The van der Waals surface area contributed by atoms with Gasteiger partial charge in [-0.15, -0.1) is 0 Å². The lowest BCUT2D eigenvalue weighted by Gasteiger charge is -2.54. The number of nitrogens with zero attached hydrogens (tertiary/aromatic N) is 1. The lowest BCUT2D eigenvalue weighted by molar-refractivity contribution is -0.606. The number of hydrogen-bond donors (Lipinski definition) is 0. The first-order chi connectivity index (χ1) is 10.2. The highest BCUT2D eigenvalue weighted by Gasteiger charge is 2.57. The molecular formula is C19H24NS+. The summed E-state index contributed by atoms with van der Waals surface area (Å²) < 4.78 is 2.75. The maximum atomic E-state index is 2.75. The van der Waals surface area contributed by atoms with E-state index in [0.29, 0.717) is 5.54 Å². The summed E-state index contributed by atoms with van der Waals surface area (Å²) in [5.74, 6) is 4.28. The highest BCUT2D eigenvalue weighted by molar-refractivity contribution is 7.99. The Balaban J connectivity index is 1.56. The molecule has 0 N–H and O–H groups in total. The lowest BCUT2D eigenvalue weighted by Crippen LogP contribution is -2.57. The highest BCUT2D eigenvalue weighted by Crippen LogP contribution is 2.57. The fourth-order valence-corrected chi connectivity index (χ4v) is 7.20. The molecule has 4 fully saturated rings. The molecule has 4 bridgehead atoms. The van der Waals surface area contributed by atoms with Crippen LogP contribution < -0.4 is 0 Å². The third-order valence-electron chi connectivity index (χ3n) is 6.50. The summed E-state index contributed by atoms with van der Waals surface area (Å²) in [7, 11) is 0. The fourth-order valence-electron chi connectivity index (χ4n) is 6.00. The molecule has 0 spiro atoms. The van der Waals surface area contributed by atoms with Crippen LogP contribution in [0.1, 0.15) is 49.7 Å². The van der Waals surface area contributed by atoms with Crippen molar-refractivity contribution < 1.29 is 4.58 Å². The smallest absolute Gasteiger partial charge is 0.194 e. The summed E-state index contributed by atoms with van der Waals surface area (Å²) in [6.45, 7) is 2.25. The predicted octanol–water partition coefficient (Wildman–Crippen LogP) is 4.46. The molecule has 4 aliphatic carbocycles. The van der Waals surface area contributed by atoms with Gasteiger partial charge in [-0.05, 0) is 55.6 Å². The van der Waals surface area contributed by atoms with Crippen molar-refractivity contribution in [3.8, 4) is 0 Å². The van der Waals surface area contributed by atoms with Crippen LogP contribution >= 0.6 is 11.8 Å². The molecule has 0 unspecified atom stereocenters. The third kappa shape index (κ3) is 1.87. The third-order valence-corrected chi connectivity index (χ3v) is 7.75. The molecule has 5 aliphatic rings. The average molecular weight is 298 g/mol. The summed E-state index contributed by atoms with van der Waals surface area (Å²) in [5, 5.41) is 0. The minimum Gasteiger partial charge on any atom is -0.220 e. The van der Waals surface area contributed by atoms with Gasteiger partial charge in [-0.1, -0.05) is 23.9 Å². The standard InChI is InChI=1S/C19H24NS/c1-13-3-2-4-17-11-20(12-21-18(13)17)19-8-14-5-15(9-19)7-16(6-14)10-19/h2-4,11,14-16H,5-10,12H2,1H3/q+1. The van der Waals surface area contributed by atoms with Gasteiger partial charge in [0, 0.05) is 24.2 Å². The molecule has 110 valence electrons. The normalized spacial score (nSPS) is 40.0. The molecule has 0 atom stereocenters. The molecule has 1 aliphatic heterocycles. The molecule has 1 nitrogen and oxygen atoms in total. The molecule has 1 heterocycles. The molecule has 0 saturated heterocycles. The summed E-state index contributed by atoms with van der Waals surface area (Å²) in [6, 6.07) is 6.77. The van der Waals surface area contributed by atoms with Crippen molar-refractivity contribution in [3.05, 3.63) is 29.3 Å². The number of aryl methyl sites for hydroxylation is 1. The molecule has 1 aromatic rings. The van der Waals surface area contributed by atoms with Crippen LogP contribution in [0.2, 0.25) is 0 Å². The first kappa shape index (κ1) is 12.8. The van der Waals surface area contributed by atoms with Crippen LogP contribution in [0.15, 0.2) is 23.1 Å². The Labute approximate surface area is 131 Å². The highest BCUT2D eigenvalue weighted by atomic mass is 32.2. The number of hydrogen-bond acceptors (Lipinski definition) is 1. The van der Waals surface area contributed by atoms with E-state index in [0.717, 1.165) is 17.8 Å².